The minimum absolute atomic E-state index is 0.0130. The van der Waals surface area contributed by atoms with Crippen LogP contribution >= 0.6 is 0 Å². The van der Waals surface area contributed by atoms with Gasteiger partial charge in [-0.3, -0.25) is 4.79 Å². The Morgan fingerprint density at radius 1 is 0.963 bits per heavy atom. The number of carbonyl (C=O) groups is 1. The van der Waals surface area contributed by atoms with Crippen molar-refractivity contribution in [3.8, 4) is 0 Å². The molecule has 0 unspecified atom stereocenters. The Labute approximate surface area is 158 Å². The second-order valence-electron chi connectivity index (χ2n) is 6.54. The number of aryl methyl sites for hydroxylation is 1. The molecule has 4 aromatic rings. The molecule has 3 aromatic carbocycles. The van der Waals surface area contributed by atoms with Crippen molar-refractivity contribution in [2.45, 2.75) is 13.5 Å². The van der Waals surface area contributed by atoms with Crippen LogP contribution in [0, 0.1) is 6.92 Å². The molecule has 0 saturated carbocycles. The SMILES string of the molecule is Cc1nc2ccccc2n1CC(=O)NCCNc1cccc2ccccc12. The van der Waals surface area contributed by atoms with Gasteiger partial charge in [0.15, 0.2) is 0 Å². The summed E-state index contributed by atoms with van der Waals surface area (Å²) in [6.45, 7) is 3.44. The van der Waals surface area contributed by atoms with Gasteiger partial charge in [0.25, 0.3) is 0 Å². The summed E-state index contributed by atoms with van der Waals surface area (Å²) in [5.41, 5.74) is 2.98. The lowest BCUT2D eigenvalue weighted by molar-refractivity contribution is -0.121. The van der Waals surface area contributed by atoms with Gasteiger partial charge in [0.1, 0.15) is 12.4 Å². The predicted octanol–water partition coefficient (Wildman–Crippen LogP) is 3.73. The predicted molar refractivity (Wildman–Crippen MR) is 110 cm³/mol. The summed E-state index contributed by atoms with van der Waals surface area (Å²) < 4.78 is 1.95. The lowest BCUT2D eigenvalue weighted by Crippen LogP contribution is -2.31. The van der Waals surface area contributed by atoms with E-state index in [1.165, 1.54) is 10.8 Å². The number of nitrogens with one attached hydrogen (secondary N) is 2. The van der Waals surface area contributed by atoms with Crippen LogP contribution in [0.1, 0.15) is 5.82 Å². The highest BCUT2D eigenvalue weighted by Crippen LogP contribution is 2.22. The Bertz CT molecular complexity index is 1090. The molecule has 0 bridgehead atoms. The Kier molecular flexibility index (Phi) is 4.75. The van der Waals surface area contributed by atoms with Gasteiger partial charge in [0.05, 0.1) is 11.0 Å². The molecule has 1 heterocycles. The number of rotatable bonds is 6. The fraction of sp³-hybridized carbons (Fsp3) is 0.182. The molecule has 2 N–H and O–H groups in total. The molecule has 0 saturated heterocycles. The van der Waals surface area contributed by atoms with Crippen LogP contribution in [0.4, 0.5) is 5.69 Å². The maximum Gasteiger partial charge on any atom is 0.240 e. The molecule has 27 heavy (non-hydrogen) atoms. The van der Waals surface area contributed by atoms with Crippen LogP contribution in [0.5, 0.6) is 0 Å². The number of carbonyl (C=O) groups excluding carboxylic acids is 1. The zero-order valence-electron chi connectivity index (χ0n) is 15.3. The van der Waals surface area contributed by atoms with Gasteiger partial charge in [0.2, 0.25) is 5.91 Å². The first-order chi connectivity index (χ1) is 13.2. The minimum atomic E-state index is -0.0130. The van der Waals surface area contributed by atoms with Crippen LogP contribution in [0.25, 0.3) is 21.8 Å². The van der Waals surface area contributed by atoms with E-state index in [2.05, 4.69) is 39.9 Å². The Balaban J connectivity index is 1.34. The Morgan fingerprint density at radius 2 is 1.74 bits per heavy atom. The summed E-state index contributed by atoms with van der Waals surface area (Å²) in [5.74, 6) is 0.834. The fourth-order valence-electron chi connectivity index (χ4n) is 3.37. The molecule has 1 amide bonds. The van der Waals surface area contributed by atoms with Gasteiger partial charge in [-0.2, -0.15) is 0 Å². The molecule has 0 aliphatic carbocycles. The number of hydrogen-bond donors (Lipinski definition) is 2. The molecule has 5 heteroatoms. The molecule has 0 spiro atoms. The van der Waals surface area contributed by atoms with Gasteiger partial charge >= 0.3 is 0 Å². The molecule has 1 aromatic heterocycles. The average molecular weight is 358 g/mol. The maximum absolute atomic E-state index is 12.3. The zero-order chi connectivity index (χ0) is 18.6. The minimum Gasteiger partial charge on any atom is -0.383 e. The summed E-state index contributed by atoms with van der Waals surface area (Å²) in [6, 6.07) is 22.3. The summed E-state index contributed by atoms with van der Waals surface area (Å²) >= 11 is 0. The van der Waals surface area contributed by atoms with E-state index in [4.69, 9.17) is 0 Å². The quantitative estimate of drug-likeness (QED) is 0.517. The highest BCUT2D eigenvalue weighted by molar-refractivity contribution is 5.93. The number of anilines is 1. The molecule has 0 aliphatic heterocycles. The summed E-state index contributed by atoms with van der Waals surface area (Å²) in [7, 11) is 0. The molecule has 0 atom stereocenters. The van der Waals surface area contributed by atoms with Crippen molar-refractivity contribution in [3.05, 3.63) is 72.6 Å². The van der Waals surface area contributed by atoms with E-state index < -0.39 is 0 Å². The molecule has 0 aliphatic rings. The third kappa shape index (κ3) is 3.62. The second-order valence-corrected chi connectivity index (χ2v) is 6.54. The molecular formula is C22H22N4O. The van der Waals surface area contributed by atoms with Gasteiger partial charge in [0, 0.05) is 24.2 Å². The number of aromatic nitrogens is 2. The van der Waals surface area contributed by atoms with Crippen molar-refractivity contribution in [2.75, 3.05) is 18.4 Å². The van der Waals surface area contributed by atoms with E-state index in [-0.39, 0.29) is 12.5 Å². The highest BCUT2D eigenvalue weighted by atomic mass is 16.1. The summed E-state index contributed by atoms with van der Waals surface area (Å²) in [6.07, 6.45) is 0. The smallest absolute Gasteiger partial charge is 0.240 e. The van der Waals surface area contributed by atoms with Crippen LogP contribution < -0.4 is 10.6 Å². The van der Waals surface area contributed by atoms with Crippen molar-refractivity contribution in [1.82, 2.24) is 14.9 Å². The highest BCUT2D eigenvalue weighted by Gasteiger charge is 2.10. The van der Waals surface area contributed by atoms with Crippen LogP contribution in [0.15, 0.2) is 66.7 Å². The molecular weight excluding hydrogens is 336 g/mol. The van der Waals surface area contributed by atoms with Crippen molar-refractivity contribution in [2.24, 2.45) is 0 Å². The fourth-order valence-corrected chi connectivity index (χ4v) is 3.37. The van der Waals surface area contributed by atoms with Gasteiger partial charge in [-0.1, -0.05) is 48.5 Å². The van der Waals surface area contributed by atoms with Gasteiger partial charge in [-0.05, 0) is 30.5 Å². The van der Waals surface area contributed by atoms with E-state index in [9.17, 15) is 4.79 Å². The zero-order valence-corrected chi connectivity index (χ0v) is 15.3. The standard InChI is InChI=1S/C22H22N4O/c1-16-25-20-10-4-5-12-21(20)26(16)15-22(27)24-14-13-23-19-11-6-8-17-7-2-3-9-18(17)19/h2-12,23H,13-15H2,1H3,(H,24,27). The number of imidazole rings is 1. The monoisotopic (exact) mass is 358 g/mol. The second kappa shape index (κ2) is 7.50. The molecule has 4 rings (SSSR count). The van der Waals surface area contributed by atoms with E-state index in [0.717, 1.165) is 22.5 Å². The van der Waals surface area contributed by atoms with E-state index in [0.29, 0.717) is 13.1 Å². The number of fused-ring (bicyclic) bond motifs is 2. The topological polar surface area (TPSA) is 59.0 Å². The van der Waals surface area contributed by atoms with Crippen LogP contribution in [0.3, 0.4) is 0 Å². The molecule has 5 nitrogen and oxygen atoms in total. The van der Waals surface area contributed by atoms with Crippen molar-refractivity contribution < 1.29 is 4.79 Å². The van der Waals surface area contributed by atoms with Crippen LogP contribution in [-0.4, -0.2) is 28.5 Å². The third-order valence-electron chi connectivity index (χ3n) is 4.70. The van der Waals surface area contributed by atoms with E-state index >= 15 is 0 Å². The first-order valence-electron chi connectivity index (χ1n) is 9.12. The normalized spacial score (nSPS) is 11.0. The van der Waals surface area contributed by atoms with Crippen LogP contribution in [0.2, 0.25) is 0 Å². The van der Waals surface area contributed by atoms with Gasteiger partial charge < -0.3 is 15.2 Å². The molecule has 136 valence electrons. The lowest BCUT2D eigenvalue weighted by Gasteiger charge is -2.11. The van der Waals surface area contributed by atoms with E-state index in [1.54, 1.807) is 0 Å². The third-order valence-corrected chi connectivity index (χ3v) is 4.70. The van der Waals surface area contributed by atoms with Crippen molar-refractivity contribution >= 4 is 33.4 Å². The molecule has 0 fully saturated rings. The largest absolute Gasteiger partial charge is 0.383 e. The first kappa shape index (κ1) is 17.1. The average Bonchev–Trinajstić information content (AvgIpc) is 3.00. The molecule has 0 radical (unpaired) electrons. The maximum atomic E-state index is 12.3. The summed E-state index contributed by atoms with van der Waals surface area (Å²) in [5, 5.41) is 8.78. The number of benzene rings is 3. The number of nitrogens with zero attached hydrogens (tertiary/aromatic N) is 2. The number of para-hydroxylation sites is 2. The van der Waals surface area contributed by atoms with Gasteiger partial charge in [-0.15, -0.1) is 0 Å². The Hall–Kier alpha value is -3.34. The number of hydrogen-bond acceptors (Lipinski definition) is 3. The Morgan fingerprint density at radius 3 is 2.67 bits per heavy atom. The number of amides is 1. The van der Waals surface area contributed by atoms with Crippen LogP contribution in [-0.2, 0) is 11.3 Å². The summed E-state index contributed by atoms with van der Waals surface area (Å²) in [4.78, 5) is 16.8. The van der Waals surface area contributed by atoms with Crippen molar-refractivity contribution in [3.63, 3.8) is 0 Å². The van der Waals surface area contributed by atoms with Crippen molar-refractivity contribution in [1.29, 1.82) is 0 Å². The lowest BCUT2D eigenvalue weighted by atomic mass is 10.1. The van der Waals surface area contributed by atoms with Gasteiger partial charge in [-0.25, -0.2) is 4.98 Å². The van der Waals surface area contributed by atoms with E-state index in [1.807, 2.05) is 54.0 Å². The first-order valence-corrected chi connectivity index (χ1v) is 9.12.